The molecular weight excluding hydrogens is 206 g/mol. The Morgan fingerprint density at radius 2 is 2.31 bits per heavy atom. The van der Waals surface area contributed by atoms with E-state index in [9.17, 15) is 0 Å². The number of nitrogens with two attached hydrogens (primary N) is 1. The van der Waals surface area contributed by atoms with Crippen LogP contribution in [0.5, 0.6) is 0 Å². The average molecular weight is 219 g/mol. The van der Waals surface area contributed by atoms with Crippen LogP contribution in [0.4, 0.5) is 5.82 Å². The highest BCUT2D eigenvalue weighted by Gasteiger charge is 2.30. The minimum absolute atomic E-state index is 0.570. The van der Waals surface area contributed by atoms with E-state index in [-0.39, 0.29) is 0 Å². The van der Waals surface area contributed by atoms with Crippen molar-refractivity contribution >= 4 is 11.5 Å². The van der Waals surface area contributed by atoms with E-state index in [0.717, 1.165) is 12.4 Å². The first-order valence-corrected chi connectivity index (χ1v) is 5.39. The number of tetrazole rings is 1. The fourth-order valence-corrected chi connectivity index (χ4v) is 1.87. The van der Waals surface area contributed by atoms with Crippen LogP contribution in [0, 0.1) is 0 Å². The Bertz CT molecular complexity index is 489. The predicted octanol–water partition coefficient (Wildman–Crippen LogP) is -0.553. The summed E-state index contributed by atoms with van der Waals surface area (Å²) in [4.78, 5) is 6.39. The fraction of sp³-hybridized carbons (Fsp3) is 0.556. The molecule has 0 radical (unpaired) electrons. The summed E-state index contributed by atoms with van der Waals surface area (Å²) in [6.45, 7) is 1.43. The van der Waals surface area contributed by atoms with Crippen molar-refractivity contribution in [1.29, 1.82) is 0 Å². The molecule has 2 aromatic rings. The van der Waals surface area contributed by atoms with E-state index in [4.69, 9.17) is 5.73 Å². The van der Waals surface area contributed by atoms with Gasteiger partial charge in [0.25, 0.3) is 0 Å². The molecule has 7 heteroatoms. The van der Waals surface area contributed by atoms with Gasteiger partial charge in [-0.2, -0.15) is 4.52 Å². The van der Waals surface area contributed by atoms with E-state index in [1.807, 2.05) is 0 Å². The molecule has 1 aliphatic rings. The maximum Gasteiger partial charge on any atom is 0.199 e. The van der Waals surface area contributed by atoms with Crippen molar-refractivity contribution in [3.05, 3.63) is 12.4 Å². The van der Waals surface area contributed by atoms with Crippen LogP contribution < -0.4 is 10.6 Å². The molecule has 0 saturated heterocycles. The largest absolute Gasteiger partial charge is 0.351 e. The standard InChI is InChI=1S/C9H13N7/c10-3-4-15(7-1-2-7)9-6-11-5-8-12-13-14-16(8)9/h5-7H,1-4,10H2. The highest BCUT2D eigenvalue weighted by Crippen LogP contribution is 2.30. The third-order valence-corrected chi connectivity index (χ3v) is 2.74. The first kappa shape index (κ1) is 9.46. The molecule has 1 fully saturated rings. The van der Waals surface area contributed by atoms with E-state index in [0.29, 0.717) is 18.2 Å². The third-order valence-electron chi connectivity index (χ3n) is 2.74. The van der Waals surface area contributed by atoms with Gasteiger partial charge in [0.15, 0.2) is 11.5 Å². The summed E-state index contributed by atoms with van der Waals surface area (Å²) >= 11 is 0. The zero-order chi connectivity index (χ0) is 11.0. The van der Waals surface area contributed by atoms with Crippen LogP contribution >= 0.6 is 0 Å². The number of aromatic nitrogens is 5. The van der Waals surface area contributed by atoms with Crippen LogP contribution in [0.2, 0.25) is 0 Å². The van der Waals surface area contributed by atoms with Gasteiger partial charge in [-0.25, -0.2) is 0 Å². The predicted molar refractivity (Wildman–Crippen MR) is 58.0 cm³/mol. The summed E-state index contributed by atoms with van der Waals surface area (Å²) in [6.07, 6.45) is 5.85. The number of fused-ring (bicyclic) bond motifs is 1. The lowest BCUT2D eigenvalue weighted by atomic mass is 10.4. The number of rotatable bonds is 4. The Hall–Kier alpha value is -1.76. The molecule has 2 N–H and O–H groups in total. The van der Waals surface area contributed by atoms with Gasteiger partial charge in [-0.15, -0.1) is 5.10 Å². The Balaban J connectivity index is 2.04. The van der Waals surface area contributed by atoms with Crippen molar-refractivity contribution < 1.29 is 0 Å². The molecule has 2 heterocycles. The van der Waals surface area contributed by atoms with Crippen LogP contribution in [-0.2, 0) is 0 Å². The highest BCUT2D eigenvalue weighted by molar-refractivity contribution is 5.47. The van der Waals surface area contributed by atoms with Crippen LogP contribution in [0.1, 0.15) is 12.8 Å². The quantitative estimate of drug-likeness (QED) is 0.742. The normalized spacial score (nSPS) is 15.6. The van der Waals surface area contributed by atoms with Crippen molar-refractivity contribution in [2.45, 2.75) is 18.9 Å². The average Bonchev–Trinajstić information content (AvgIpc) is 3.02. The maximum atomic E-state index is 5.63. The van der Waals surface area contributed by atoms with Crippen molar-refractivity contribution in [1.82, 2.24) is 25.0 Å². The lowest BCUT2D eigenvalue weighted by Gasteiger charge is -2.23. The van der Waals surface area contributed by atoms with Crippen LogP contribution in [0.15, 0.2) is 12.4 Å². The fourth-order valence-electron chi connectivity index (χ4n) is 1.87. The van der Waals surface area contributed by atoms with Crippen molar-refractivity contribution in [2.24, 2.45) is 5.73 Å². The topological polar surface area (TPSA) is 85.2 Å². The van der Waals surface area contributed by atoms with E-state index < -0.39 is 0 Å². The molecule has 0 bridgehead atoms. The summed E-state index contributed by atoms with van der Waals surface area (Å²) in [7, 11) is 0. The minimum atomic E-state index is 0.570. The molecule has 1 aliphatic carbocycles. The smallest absolute Gasteiger partial charge is 0.199 e. The molecule has 0 amide bonds. The second-order valence-electron chi connectivity index (χ2n) is 3.93. The summed E-state index contributed by atoms with van der Waals surface area (Å²) in [5.74, 6) is 0.926. The number of hydrogen-bond acceptors (Lipinski definition) is 6. The van der Waals surface area contributed by atoms with Gasteiger partial charge < -0.3 is 10.6 Å². The van der Waals surface area contributed by atoms with Gasteiger partial charge in [-0.05, 0) is 23.3 Å². The van der Waals surface area contributed by atoms with Gasteiger partial charge in [0, 0.05) is 19.1 Å². The molecule has 1 saturated carbocycles. The zero-order valence-electron chi connectivity index (χ0n) is 8.82. The van der Waals surface area contributed by atoms with E-state index in [2.05, 4.69) is 25.4 Å². The van der Waals surface area contributed by atoms with E-state index in [1.165, 1.54) is 12.8 Å². The summed E-state index contributed by atoms with van der Waals surface area (Å²) in [6, 6.07) is 0.570. The molecule has 7 nitrogen and oxygen atoms in total. The number of nitrogens with zero attached hydrogens (tertiary/aromatic N) is 6. The van der Waals surface area contributed by atoms with Gasteiger partial charge >= 0.3 is 0 Å². The highest BCUT2D eigenvalue weighted by atomic mass is 15.5. The second kappa shape index (κ2) is 3.67. The first-order valence-electron chi connectivity index (χ1n) is 5.39. The molecule has 0 unspecified atom stereocenters. The lowest BCUT2D eigenvalue weighted by Crippen LogP contribution is -2.33. The zero-order valence-corrected chi connectivity index (χ0v) is 8.82. The Morgan fingerprint density at radius 1 is 1.44 bits per heavy atom. The van der Waals surface area contributed by atoms with Crippen LogP contribution in [0.3, 0.4) is 0 Å². The molecule has 0 aliphatic heterocycles. The van der Waals surface area contributed by atoms with Crippen LogP contribution in [0.25, 0.3) is 5.65 Å². The molecule has 16 heavy (non-hydrogen) atoms. The summed E-state index contributed by atoms with van der Waals surface area (Å²) in [5, 5.41) is 11.5. The second-order valence-corrected chi connectivity index (χ2v) is 3.93. The molecular formula is C9H13N7. The molecule has 84 valence electrons. The third kappa shape index (κ3) is 1.49. The SMILES string of the molecule is NCCN(c1cncc2nnnn12)C1CC1. The molecule has 2 aromatic heterocycles. The van der Waals surface area contributed by atoms with Gasteiger partial charge in [-0.1, -0.05) is 0 Å². The van der Waals surface area contributed by atoms with Crippen molar-refractivity contribution in [3.63, 3.8) is 0 Å². The molecule has 0 aromatic carbocycles. The Labute approximate surface area is 92.3 Å². The van der Waals surface area contributed by atoms with Crippen molar-refractivity contribution in [2.75, 3.05) is 18.0 Å². The molecule has 0 spiro atoms. The number of anilines is 1. The monoisotopic (exact) mass is 219 g/mol. The van der Waals surface area contributed by atoms with Crippen molar-refractivity contribution in [3.8, 4) is 0 Å². The first-order chi connectivity index (χ1) is 7.90. The lowest BCUT2D eigenvalue weighted by molar-refractivity contribution is 0.728. The molecule has 3 rings (SSSR count). The van der Waals surface area contributed by atoms with E-state index in [1.54, 1.807) is 16.9 Å². The maximum absolute atomic E-state index is 5.63. The van der Waals surface area contributed by atoms with E-state index >= 15 is 0 Å². The Kier molecular flexibility index (Phi) is 2.17. The number of hydrogen-bond donors (Lipinski definition) is 1. The van der Waals surface area contributed by atoms with Gasteiger partial charge in [0.1, 0.15) is 0 Å². The van der Waals surface area contributed by atoms with Gasteiger partial charge in [0.2, 0.25) is 0 Å². The minimum Gasteiger partial charge on any atom is -0.351 e. The Morgan fingerprint density at radius 3 is 3.06 bits per heavy atom. The summed E-state index contributed by atoms with van der Waals surface area (Å²) in [5.41, 5.74) is 6.30. The van der Waals surface area contributed by atoms with Gasteiger partial charge in [0.05, 0.1) is 12.4 Å². The van der Waals surface area contributed by atoms with Gasteiger partial charge in [-0.3, -0.25) is 4.98 Å². The summed E-state index contributed by atoms with van der Waals surface area (Å²) < 4.78 is 1.71. The molecule has 0 atom stereocenters. The van der Waals surface area contributed by atoms with Crippen LogP contribution in [-0.4, -0.2) is 44.2 Å².